The van der Waals surface area contributed by atoms with E-state index < -0.39 is 0 Å². The van der Waals surface area contributed by atoms with E-state index in [0.29, 0.717) is 0 Å². The summed E-state index contributed by atoms with van der Waals surface area (Å²) in [4.78, 5) is 2.73. The lowest BCUT2D eigenvalue weighted by molar-refractivity contribution is 0.190. The Hall–Kier alpha value is 0.660. The molecule has 0 atom stereocenters. The minimum atomic E-state index is 0.834. The van der Waals surface area contributed by atoms with Crippen molar-refractivity contribution in [2.75, 3.05) is 36.1 Å². The van der Waals surface area contributed by atoms with Crippen LogP contribution in [0.1, 0.15) is 33.1 Å². The first-order valence-electron chi connectivity index (χ1n) is 6.28. The van der Waals surface area contributed by atoms with Crippen LogP contribution in [0.15, 0.2) is 0 Å². The molecule has 0 aromatic heterocycles. The van der Waals surface area contributed by atoms with Crippen LogP contribution in [0.5, 0.6) is 0 Å². The monoisotopic (exact) mass is 247 g/mol. The maximum Gasteiger partial charge on any atom is 0.0276 e. The fourth-order valence-corrected chi connectivity index (χ4v) is 3.87. The van der Waals surface area contributed by atoms with Crippen LogP contribution in [0.3, 0.4) is 0 Å². The SMILES string of the molecule is CCSCC(CSCC)N1CCCCC1. The van der Waals surface area contributed by atoms with Gasteiger partial charge in [-0.3, -0.25) is 4.90 Å². The van der Waals surface area contributed by atoms with Gasteiger partial charge in [0.2, 0.25) is 0 Å². The van der Waals surface area contributed by atoms with E-state index in [9.17, 15) is 0 Å². The van der Waals surface area contributed by atoms with Gasteiger partial charge < -0.3 is 0 Å². The average molecular weight is 247 g/mol. The van der Waals surface area contributed by atoms with Crippen molar-refractivity contribution in [2.45, 2.75) is 39.2 Å². The molecule has 15 heavy (non-hydrogen) atoms. The van der Waals surface area contributed by atoms with Crippen LogP contribution in [0.25, 0.3) is 0 Å². The number of hydrogen-bond acceptors (Lipinski definition) is 3. The molecule has 0 unspecified atom stereocenters. The van der Waals surface area contributed by atoms with Gasteiger partial charge in [-0.25, -0.2) is 0 Å². The van der Waals surface area contributed by atoms with E-state index in [0.717, 1.165) is 6.04 Å². The largest absolute Gasteiger partial charge is 0.299 e. The zero-order valence-electron chi connectivity index (χ0n) is 10.2. The Morgan fingerprint density at radius 2 is 1.47 bits per heavy atom. The van der Waals surface area contributed by atoms with Crippen LogP contribution in [0.4, 0.5) is 0 Å². The molecule has 1 aliphatic heterocycles. The lowest BCUT2D eigenvalue weighted by Gasteiger charge is -2.34. The molecule has 0 aliphatic carbocycles. The minimum Gasteiger partial charge on any atom is -0.299 e. The number of likely N-dealkylation sites (tertiary alicyclic amines) is 1. The molecular formula is C12H25NS2. The second kappa shape index (κ2) is 8.77. The Bertz CT molecular complexity index is 139. The molecular weight excluding hydrogens is 222 g/mol. The summed E-state index contributed by atoms with van der Waals surface area (Å²) in [6.07, 6.45) is 4.29. The highest BCUT2D eigenvalue weighted by Gasteiger charge is 2.19. The molecule has 0 N–H and O–H groups in total. The van der Waals surface area contributed by atoms with Crippen LogP contribution in [0.2, 0.25) is 0 Å². The summed E-state index contributed by atoms with van der Waals surface area (Å²) < 4.78 is 0. The van der Waals surface area contributed by atoms with Crippen molar-refractivity contribution in [3.8, 4) is 0 Å². The Kier molecular flexibility index (Phi) is 8.02. The maximum absolute atomic E-state index is 2.73. The molecule has 1 rings (SSSR count). The second-order valence-corrected chi connectivity index (χ2v) is 6.71. The quantitative estimate of drug-likeness (QED) is 0.679. The van der Waals surface area contributed by atoms with E-state index in [2.05, 4.69) is 42.3 Å². The zero-order chi connectivity index (χ0) is 10.9. The second-order valence-electron chi connectivity index (χ2n) is 4.07. The first-order valence-corrected chi connectivity index (χ1v) is 8.59. The standard InChI is InChI=1S/C12H25NS2/c1-3-14-10-12(11-15-4-2)13-8-6-5-7-9-13/h12H,3-11H2,1-2H3. The summed E-state index contributed by atoms with van der Waals surface area (Å²) in [5.74, 6) is 5.20. The normalized spacial score (nSPS) is 18.6. The molecule has 1 fully saturated rings. The van der Waals surface area contributed by atoms with Gasteiger partial charge in [-0.15, -0.1) is 0 Å². The van der Waals surface area contributed by atoms with Crippen LogP contribution in [-0.2, 0) is 0 Å². The number of piperidine rings is 1. The summed E-state index contributed by atoms with van der Waals surface area (Å²) in [6, 6.07) is 0.834. The third kappa shape index (κ3) is 5.50. The van der Waals surface area contributed by atoms with Gasteiger partial charge >= 0.3 is 0 Å². The molecule has 0 aromatic carbocycles. The number of thioether (sulfide) groups is 2. The summed E-state index contributed by atoms with van der Waals surface area (Å²) in [5.41, 5.74) is 0. The summed E-state index contributed by atoms with van der Waals surface area (Å²) in [6.45, 7) is 7.23. The van der Waals surface area contributed by atoms with Crippen molar-refractivity contribution < 1.29 is 0 Å². The molecule has 0 aromatic rings. The van der Waals surface area contributed by atoms with Gasteiger partial charge in [0.15, 0.2) is 0 Å². The molecule has 1 nitrogen and oxygen atoms in total. The molecule has 1 aliphatic rings. The van der Waals surface area contributed by atoms with Gasteiger partial charge in [0.25, 0.3) is 0 Å². The molecule has 0 amide bonds. The summed E-state index contributed by atoms with van der Waals surface area (Å²) in [7, 11) is 0. The van der Waals surface area contributed by atoms with Crippen molar-refractivity contribution in [3.63, 3.8) is 0 Å². The van der Waals surface area contributed by atoms with Gasteiger partial charge in [-0.2, -0.15) is 23.5 Å². The topological polar surface area (TPSA) is 3.24 Å². The van der Waals surface area contributed by atoms with Crippen LogP contribution in [0, 0.1) is 0 Å². The molecule has 90 valence electrons. The Labute approximate surface area is 104 Å². The third-order valence-electron chi connectivity index (χ3n) is 2.94. The smallest absolute Gasteiger partial charge is 0.0276 e. The van der Waals surface area contributed by atoms with Gasteiger partial charge in [-0.05, 0) is 37.4 Å². The van der Waals surface area contributed by atoms with Crippen molar-refractivity contribution >= 4 is 23.5 Å². The van der Waals surface area contributed by atoms with E-state index in [1.807, 2.05) is 0 Å². The summed E-state index contributed by atoms with van der Waals surface area (Å²) >= 11 is 4.21. The van der Waals surface area contributed by atoms with E-state index in [-0.39, 0.29) is 0 Å². The number of nitrogens with zero attached hydrogens (tertiary/aromatic N) is 1. The Morgan fingerprint density at radius 1 is 0.933 bits per heavy atom. The van der Waals surface area contributed by atoms with Crippen LogP contribution in [-0.4, -0.2) is 47.0 Å². The Morgan fingerprint density at radius 3 is 1.93 bits per heavy atom. The predicted molar refractivity (Wildman–Crippen MR) is 75.2 cm³/mol. The zero-order valence-corrected chi connectivity index (χ0v) is 11.8. The van der Waals surface area contributed by atoms with Gasteiger partial charge in [-0.1, -0.05) is 20.3 Å². The van der Waals surface area contributed by atoms with E-state index >= 15 is 0 Å². The fourth-order valence-electron chi connectivity index (χ4n) is 2.05. The highest BCUT2D eigenvalue weighted by molar-refractivity contribution is 8.00. The molecule has 0 radical (unpaired) electrons. The third-order valence-corrected chi connectivity index (χ3v) is 4.99. The van der Waals surface area contributed by atoms with Gasteiger partial charge in [0, 0.05) is 17.5 Å². The van der Waals surface area contributed by atoms with Gasteiger partial charge in [0.05, 0.1) is 0 Å². The van der Waals surface area contributed by atoms with Crippen LogP contribution >= 0.6 is 23.5 Å². The molecule has 0 spiro atoms. The highest BCUT2D eigenvalue weighted by Crippen LogP contribution is 2.18. The van der Waals surface area contributed by atoms with E-state index in [4.69, 9.17) is 0 Å². The average Bonchev–Trinajstić information content (AvgIpc) is 2.30. The fraction of sp³-hybridized carbons (Fsp3) is 1.00. The van der Waals surface area contributed by atoms with E-state index in [1.54, 1.807) is 0 Å². The number of rotatable bonds is 7. The lowest BCUT2D eigenvalue weighted by Crippen LogP contribution is -2.42. The van der Waals surface area contributed by atoms with Crippen molar-refractivity contribution in [2.24, 2.45) is 0 Å². The van der Waals surface area contributed by atoms with Crippen LogP contribution < -0.4 is 0 Å². The molecule has 3 heteroatoms. The Balaban J connectivity index is 2.30. The first-order chi connectivity index (χ1) is 7.38. The van der Waals surface area contributed by atoms with Crippen molar-refractivity contribution in [1.82, 2.24) is 4.90 Å². The highest BCUT2D eigenvalue weighted by atomic mass is 32.2. The van der Waals surface area contributed by atoms with E-state index in [1.165, 1.54) is 55.4 Å². The molecule has 1 heterocycles. The summed E-state index contributed by atoms with van der Waals surface area (Å²) in [5, 5.41) is 0. The minimum absolute atomic E-state index is 0.834. The van der Waals surface area contributed by atoms with Gasteiger partial charge in [0.1, 0.15) is 0 Å². The lowest BCUT2D eigenvalue weighted by atomic mass is 10.1. The van der Waals surface area contributed by atoms with Crippen molar-refractivity contribution in [3.05, 3.63) is 0 Å². The molecule has 1 saturated heterocycles. The predicted octanol–water partition coefficient (Wildman–Crippen LogP) is 3.35. The molecule has 0 saturated carbocycles. The maximum atomic E-state index is 2.73. The number of hydrogen-bond donors (Lipinski definition) is 0. The van der Waals surface area contributed by atoms with Crippen molar-refractivity contribution in [1.29, 1.82) is 0 Å². The first kappa shape index (κ1) is 13.7. The molecule has 0 bridgehead atoms.